The first-order chi connectivity index (χ1) is 10.6. The van der Waals surface area contributed by atoms with Crippen LogP contribution in [0.2, 0.25) is 0 Å². The summed E-state index contributed by atoms with van der Waals surface area (Å²) in [6.45, 7) is 1.16. The molecule has 0 saturated carbocycles. The fourth-order valence-corrected chi connectivity index (χ4v) is 2.42. The number of nitrogens with zero attached hydrogens (tertiary/aromatic N) is 2. The maximum Gasteiger partial charge on any atom is 0.274 e. The highest BCUT2D eigenvalue weighted by atomic mass is 19.1. The van der Waals surface area contributed by atoms with Crippen LogP contribution in [-0.4, -0.2) is 40.8 Å². The van der Waals surface area contributed by atoms with E-state index in [-0.39, 0.29) is 29.0 Å². The molecule has 2 heterocycles. The van der Waals surface area contributed by atoms with Crippen molar-refractivity contribution in [3.8, 4) is 0 Å². The lowest BCUT2D eigenvalue weighted by molar-refractivity contribution is -0.00308. The summed E-state index contributed by atoms with van der Waals surface area (Å²) in [4.78, 5) is 25.2. The average molecular weight is 303 g/mol. The molecule has 1 aromatic heterocycles. The van der Waals surface area contributed by atoms with Gasteiger partial charge in [-0.25, -0.2) is 9.49 Å². The highest BCUT2D eigenvalue weighted by Crippen LogP contribution is 2.25. The Morgan fingerprint density at radius 3 is 2.73 bits per heavy atom. The van der Waals surface area contributed by atoms with Crippen LogP contribution in [0.3, 0.4) is 0 Å². The average Bonchev–Trinajstić information content (AvgIpc) is 2.56. The Morgan fingerprint density at radius 2 is 2.05 bits per heavy atom. The van der Waals surface area contributed by atoms with Crippen LogP contribution in [0.25, 0.3) is 0 Å². The Labute approximate surface area is 125 Å². The van der Waals surface area contributed by atoms with Gasteiger partial charge in [-0.2, -0.15) is 5.10 Å². The monoisotopic (exact) mass is 303 g/mol. The third-order valence-corrected chi connectivity index (χ3v) is 3.54. The van der Waals surface area contributed by atoms with Gasteiger partial charge in [0.2, 0.25) is 0 Å². The number of rotatable bonds is 2. The summed E-state index contributed by atoms with van der Waals surface area (Å²) in [7, 11) is 0. The molecule has 1 unspecified atom stereocenters. The maximum atomic E-state index is 13.1. The first-order valence-electron chi connectivity index (χ1n) is 6.85. The fourth-order valence-electron chi connectivity index (χ4n) is 2.42. The molecule has 1 atom stereocenters. The Kier molecular flexibility index (Phi) is 3.97. The number of ether oxygens (including phenoxy) is 1. The molecule has 0 spiro atoms. The minimum Gasteiger partial charge on any atom is -0.377 e. The van der Waals surface area contributed by atoms with Gasteiger partial charge < -0.3 is 9.64 Å². The number of nitrogens with one attached hydrogen (secondary N) is 1. The molecule has 1 N–H and O–H groups in total. The summed E-state index contributed by atoms with van der Waals surface area (Å²) < 4.78 is 18.5. The van der Waals surface area contributed by atoms with Crippen molar-refractivity contribution in [3.63, 3.8) is 0 Å². The van der Waals surface area contributed by atoms with Crippen molar-refractivity contribution >= 4 is 5.91 Å². The second kappa shape index (κ2) is 6.07. The van der Waals surface area contributed by atoms with E-state index >= 15 is 0 Å². The standard InChI is InChI=1S/C15H14FN3O3/c16-11-3-1-10(2-4-11)13-9-22-8-7-19(13)15(21)12-5-6-14(20)18-17-12/h1-6,13H,7-9H2,(H,18,20). The van der Waals surface area contributed by atoms with Crippen LogP contribution in [0.15, 0.2) is 41.2 Å². The second-order valence-corrected chi connectivity index (χ2v) is 4.95. The van der Waals surface area contributed by atoms with E-state index < -0.39 is 0 Å². The minimum absolute atomic E-state index is 0.161. The van der Waals surface area contributed by atoms with E-state index in [9.17, 15) is 14.0 Å². The molecule has 0 bridgehead atoms. The molecule has 3 rings (SSSR count). The smallest absolute Gasteiger partial charge is 0.274 e. The van der Waals surface area contributed by atoms with Gasteiger partial charge in [0.15, 0.2) is 0 Å². The third-order valence-electron chi connectivity index (χ3n) is 3.54. The van der Waals surface area contributed by atoms with Crippen molar-refractivity contribution in [2.45, 2.75) is 6.04 Å². The molecule has 1 amide bonds. The number of aromatic nitrogens is 2. The van der Waals surface area contributed by atoms with E-state index in [1.54, 1.807) is 17.0 Å². The van der Waals surface area contributed by atoms with Gasteiger partial charge in [0.05, 0.1) is 19.3 Å². The molecule has 0 aliphatic carbocycles. The lowest BCUT2D eigenvalue weighted by atomic mass is 10.0. The molecule has 22 heavy (non-hydrogen) atoms. The van der Waals surface area contributed by atoms with Crippen LogP contribution in [-0.2, 0) is 4.74 Å². The van der Waals surface area contributed by atoms with Crippen LogP contribution < -0.4 is 5.56 Å². The van der Waals surface area contributed by atoms with Crippen LogP contribution >= 0.6 is 0 Å². The summed E-state index contributed by atoms with van der Waals surface area (Å²) in [5, 5.41) is 6.01. The van der Waals surface area contributed by atoms with Crippen molar-refractivity contribution in [2.75, 3.05) is 19.8 Å². The van der Waals surface area contributed by atoms with Gasteiger partial charge in [-0.3, -0.25) is 9.59 Å². The summed E-state index contributed by atoms with van der Waals surface area (Å²) in [6, 6.07) is 8.31. The predicted octanol–water partition coefficient (Wildman–Crippen LogP) is 1.12. The van der Waals surface area contributed by atoms with E-state index in [1.807, 2.05) is 0 Å². The molecule has 2 aromatic rings. The number of amides is 1. The van der Waals surface area contributed by atoms with Gasteiger partial charge in [-0.05, 0) is 23.8 Å². The molecule has 1 aliphatic rings. The third kappa shape index (κ3) is 2.89. The van der Waals surface area contributed by atoms with Crippen LogP contribution in [0.4, 0.5) is 4.39 Å². The molecule has 1 fully saturated rings. The van der Waals surface area contributed by atoms with E-state index in [4.69, 9.17) is 4.74 Å². The van der Waals surface area contributed by atoms with Gasteiger partial charge in [0.25, 0.3) is 11.5 Å². The topological polar surface area (TPSA) is 75.3 Å². The molecule has 1 aromatic carbocycles. The van der Waals surface area contributed by atoms with Crippen molar-refractivity contribution in [1.29, 1.82) is 0 Å². The number of carbonyl (C=O) groups excluding carboxylic acids is 1. The Morgan fingerprint density at radius 1 is 1.27 bits per heavy atom. The van der Waals surface area contributed by atoms with Gasteiger partial charge in [0, 0.05) is 12.6 Å². The number of H-pyrrole nitrogens is 1. The second-order valence-electron chi connectivity index (χ2n) is 4.95. The minimum atomic E-state index is -0.367. The number of aromatic amines is 1. The maximum absolute atomic E-state index is 13.1. The summed E-state index contributed by atoms with van der Waals surface area (Å²) in [6.07, 6.45) is 0. The summed E-state index contributed by atoms with van der Waals surface area (Å²) in [5.41, 5.74) is 0.584. The van der Waals surface area contributed by atoms with Crippen molar-refractivity contribution in [3.05, 3.63) is 63.8 Å². The van der Waals surface area contributed by atoms with Crippen molar-refractivity contribution < 1.29 is 13.9 Å². The first kappa shape index (κ1) is 14.4. The molecular weight excluding hydrogens is 289 g/mol. The zero-order valence-corrected chi connectivity index (χ0v) is 11.7. The van der Waals surface area contributed by atoms with E-state index in [0.717, 1.165) is 5.56 Å². The zero-order valence-electron chi connectivity index (χ0n) is 11.7. The zero-order chi connectivity index (χ0) is 15.5. The lowest BCUT2D eigenvalue weighted by Crippen LogP contribution is -2.43. The Hall–Kier alpha value is -2.54. The van der Waals surface area contributed by atoms with E-state index in [0.29, 0.717) is 19.8 Å². The molecule has 1 saturated heterocycles. The van der Waals surface area contributed by atoms with E-state index in [2.05, 4.69) is 10.2 Å². The molecule has 114 valence electrons. The fraction of sp³-hybridized carbons (Fsp3) is 0.267. The predicted molar refractivity (Wildman–Crippen MR) is 75.9 cm³/mol. The Balaban J connectivity index is 1.88. The van der Waals surface area contributed by atoms with Gasteiger partial charge in [-0.15, -0.1) is 0 Å². The molecule has 6 nitrogen and oxygen atoms in total. The van der Waals surface area contributed by atoms with Crippen LogP contribution in [0.5, 0.6) is 0 Å². The first-order valence-corrected chi connectivity index (χ1v) is 6.85. The van der Waals surface area contributed by atoms with Crippen molar-refractivity contribution in [2.24, 2.45) is 0 Å². The van der Waals surface area contributed by atoms with Gasteiger partial charge >= 0.3 is 0 Å². The molecule has 1 aliphatic heterocycles. The van der Waals surface area contributed by atoms with Gasteiger partial charge in [0.1, 0.15) is 11.5 Å². The number of benzene rings is 1. The highest BCUT2D eigenvalue weighted by molar-refractivity contribution is 5.92. The molecule has 7 heteroatoms. The normalized spacial score (nSPS) is 18.2. The lowest BCUT2D eigenvalue weighted by Gasteiger charge is -2.35. The number of morpholine rings is 1. The number of carbonyl (C=O) groups is 1. The van der Waals surface area contributed by atoms with Crippen molar-refractivity contribution in [1.82, 2.24) is 15.1 Å². The molecular formula is C15H14FN3O3. The number of hydrogen-bond acceptors (Lipinski definition) is 4. The van der Waals surface area contributed by atoms with E-state index in [1.165, 1.54) is 24.3 Å². The highest BCUT2D eigenvalue weighted by Gasteiger charge is 2.30. The largest absolute Gasteiger partial charge is 0.377 e. The van der Waals surface area contributed by atoms with Crippen LogP contribution in [0.1, 0.15) is 22.1 Å². The Bertz CT molecular complexity index is 709. The van der Waals surface area contributed by atoms with Crippen LogP contribution in [0, 0.1) is 5.82 Å². The molecule has 0 radical (unpaired) electrons. The van der Waals surface area contributed by atoms with Gasteiger partial charge in [-0.1, -0.05) is 12.1 Å². The summed E-state index contributed by atoms with van der Waals surface area (Å²) >= 11 is 0. The number of hydrogen-bond donors (Lipinski definition) is 1. The SMILES string of the molecule is O=C(c1ccc(=O)[nH]n1)N1CCOCC1c1ccc(F)cc1. The summed E-state index contributed by atoms with van der Waals surface area (Å²) in [5.74, 6) is -0.630. The number of halogens is 1. The quantitative estimate of drug-likeness (QED) is 0.902.